The summed E-state index contributed by atoms with van der Waals surface area (Å²) in [6.07, 6.45) is -0.519. The van der Waals surface area contributed by atoms with E-state index in [-0.39, 0.29) is 34.4 Å². The van der Waals surface area contributed by atoms with Gasteiger partial charge in [0.1, 0.15) is 30.2 Å². The van der Waals surface area contributed by atoms with Gasteiger partial charge >= 0.3 is 0 Å². The number of methoxy groups -OCH3 is 1. The van der Waals surface area contributed by atoms with Gasteiger partial charge in [-0.2, -0.15) is 0 Å². The zero-order chi connectivity index (χ0) is 30.9. The number of carbonyl (C=O) groups excluding carboxylic acids is 1. The Labute approximate surface area is 252 Å². The third-order valence-corrected chi connectivity index (χ3v) is 7.11. The van der Waals surface area contributed by atoms with Crippen molar-refractivity contribution in [2.75, 3.05) is 38.7 Å². The predicted molar refractivity (Wildman–Crippen MR) is 155 cm³/mol. The molecule has 0 saturated carbocycles. The molecule has 7 N–H and O–H groups in total. The Morgan fingerprint density at radius 2 is 1.88 bits per heavy atom. The minimum absolute atomic E-state index is 0.0717. The maximum Gasteiger partial charge on any atom is 0.254 e. The molecule has 1 unspecified atom stereocenters. The van der Waals surface area contributed by atoms with Crippen LogP contribution in [0.4, 0.5) is 15.9 Å². The second-order valence-corrected chi connectivity index (χ2v) is 10.2. The van der Waals surface area contributed by atoms with E-state index in [4.69, 9.17) is 21.1 Å². The molecule has 0 spiro atoms. The van der Waals surface area contributed by atoms with Gasteiger partial charge in [-0.25, -0.2) is 14.4 Å². The number of carbonyl (C=O) groups is 1. The number of ether oxygens (including phenoxy) is 2. The van der Waals surface area contributed by atoms with Gasteiger partial charge in [-0.3, -0.25) is 9.78 Å². The van der Waals surface area contributed by atoms with Gasteiger partial charge in [-0.15, -0.1) is 0 Å². The molecule has 5 atom stereocenters. The highest BCUT2D eigenvalue weighted by Gasteiger charge is 2.42. The lowest BCUT2D eigenvalue weighted by atomic mass is 9.93. The fourth-order valence-corrected chi connectivity index (χ4v) is 4.69. The van der Waals surface area contributed by atoms with Crippen LogP contribution in [0.2, 0.25) is 5.02 Å². The lowest BCUT2D eigenvalue weighted by molar-refractivity contribution is -0.229. The molecule has 1 amide bonds. The molecule has 1 aliphatic rings. The number of nitrogens with one attached hydrogen (secondary N) is 3. The van der Waals surface area contributed by atoms with Crippen LogP contribution in [-0.4, -0.2) is 105 Å². The Balaban J connectivity index is 1.30. The molecule has 1 aliphatic heterocycles. The molecule has 13 nitrogen and oxygen atoms in total. The van der Waals surface area contributed by atoms with Crippen molar-refractivity contribution < 1.29 is 39.1 Å². The SMILES string of the molecule is COc1cnc(-c2cc(Cl)ccc2F)nc1Nc1ccncc1C(=O)NCCCNCCC1O[C@H](CO)[C@@H](O)[C@H](O)[C@@H]1O. The number of aliphatic hydroxyl groups excluding tert-OH is 4. The van der Waals surface area contributed by atoms with Gasteiger partial charge in [-0.1, -0.05) is 11.6 Å². The molecule has 232 valence electrons. The standard InChI is InChI=1S/C28H34ClFN6O7/c1-42-21-13-34-26(16-11-15(29)3-4-18(16)30)36-27(21)35-19-5-9-32-12-17(19)28(41)33-8-2-7-31-10-6-20-23(38)25(40)24(39)22(14-37)43-20/h3-5,9,11-13,20,22-25,31,37-40H,2,6-8,10,14H2,1H3,(H,33,41)(H,32,34,35,36)/t20?,22-,23-,24-,25-/m1/s1. The normalized spacial score (nSPS) is 21.8. The van der Waals surface area contributed by atoms with Crippen molar-refractivity contribution in [2.24, 2.45) is 0 Å². The lowest BCUT2D eigenvalue weighted by Crippen LogP contribution is -2.58. The van der Waals surface area contributed by atoms with Crippen molar-refractivity contribution in [2.45, 2.75) is 43.4 Å². The van der Waals surface area contributed by atoms with Crippen LogP contribution in [0.15, 0.2) is 42.9 Å². The maximum atomic E-state index is 14.4. The molecule has 15 heteroatoms. The highest BCUT2D eigenvalue weighted by molar-refractivity contribution is 6.30. The summed E-state index contributed by atoms with van der Waals surface area (Å²) in [5, 5.41) is 48.6. The first-order valence-corrected chi connectivity index (χ1v) is 14.0. The highest BCUT2D eigenvalue weighted by Crippen LogP contribution is 2.30. The Bertz CT molecular complexity index is 1390. The van der Waals surface area contributed by atoms with E-state index in [1.54, 1.807) is 6.07 Å². The van der Waals surface area contributed by atoms with Crippen LogP contribution < -0.4 is 20.7 Å². The van der Waals surface area contributed by atoms with E-state index in [9.17, 15) is 29.6 Å². The van der Waals surface area contributed by atoms with Crippen LogP contribution in [0.3, 0.4) is 0 Å². The van der Waals surface area contributed by atoms with Crippen molar-refractivity contribution in [3.63, 3.8) is 0 Å². The number of aliphatic hydroxyl groups is 4. The number of halogens is 2. The lowest BCUT2D eigenvalue weighted by Gasteiger charge is -2.40. The molecular weight excluding hydrogens is 587 g/mol. The Morgan fingerprint density at radius 1 is 1.09 bits per heavy atom. The fourth-order valence-electron chi connectivity index (χ4n) is 4.52. The summed E-state index contributed by atoms with van der Waals surface area (Å²) in [4.78, 5) is 25.6. The molecule has 43 heavy (non-hydrogen) atoms. The van der Waals surface area contributed by atoms with E-state index < -0.39 is 42.9 Å². The highest BCUT2D eigenvalue weighted by atomic mass is 35.5. The fraction of sp³-hybridized carbons (Fsp3) is 0.429. The van der Waals surface area contributed by atoms with E-state index in [0.717, 1.165) is 0 Å². The molecule has 1 aromatic carbocycles. The molecule has 1 fully saturated rings. The third-order valence-electron chi connectivity index (χ3n) is 6.88. The summed E-state index contributed by atoms with van der Waals surface area (Å²) >= 11 is 6.03. The zero-order valence-corrected chi connectivity index (χ0v) is 24.0. The second-order valence-electron chi connectivity index (χ2n) is 9.80. The minimum Gasteiger partial charge on any atom is -0.491 e. The average Bonchev–Trinajstić information content (AvgIpc) is 3.01. The van der Waals surface area contributed by atoms with Gasteiger partial charge in [0.05, 0.1) is 42.8 Å². The number of amides is 1. The summed E-state index contributed by atoms with van der Waals surface area (Å²) in [7, 11) is 1.43. The number of pyridine rings is 1. The van der Waals surface area contributed by atoms with Crippen molar-refractivity contribution in [3.05, 3.63) is 59.3 Å². The topological polar surface area (TPSA) is 191 Å². The summed E-state index contributed by atoms with van der Waals surface area (Å²) < 4.78 is 25.3. The van der Waals surface area contributed by atoms with Gasteiger partial charge < -0.3 is 45.9 Å². The minimum atomic E-state index is -1.40. The van der Waals surface area contributed by atoms with Gasteiger partial charge in [0.15, 0.2) is 17.4 Å². The zero-order valence-electron chi connectivity index (χ0n) is 23.3. The molecule has 0 aliphatic carbocycles. The van der Waals surface area contributed by atoms with Crippen LogP contribution in [-0.2, 0) is 4.74 Å². The number of rotatable bonds is 13. The van der Waals surface area contributed by atoms with Crippen LogP contribution in [0, 0.1) is 5.82 Å². The average molecular weight is 621 g/mol. The molecule has 1 saturated heterocycles. The van der Waals surface area contributed by atoms with Crippen LogP contribution >= 0.6 is 11.6 Å². The van der Waals surface area contributed by atoms with Gasteiger partial charge in [0, 0.05) is 24.0 Å². The number of anilines is 2. The Kier molecular flexibility index (Phi) is 11.5. The number of hydrogen-bond acceptors (Lipinski definition) is 12. The van der Waals surface area contributed by atoms with Crippen molar-refractivity contribution in [1.29, 1.82) is 0 Å². The number of aromatic nitrogens is 3. The Morgan fingerprint density at radius 3 is 2.65 bits per heavy atom. The molecule has 0 bridgehead atoms. The Hall–Kier alpha value is -3.50. The van der Waals surface area contributed by atoms with Gasteiger partial charge in [0.2, 0.25) is 0 Å². The quantitative estimate of drug-likeness (QED) is 0.135. The first kappa shape index (κ1) is 32.4. The van der Waals surface area contributed by atoms with Crippen LogP contribution in [0.5, 0.6) is 5.75 Å². The number of benzene rings is 1. The molecule has 2 aromatic heterocycles. The number of nitrogens with zero attached hydrogens (tertiary/aromatic N) is 3. The second kappa shape index (κ2) is 15.3. The van der Waals surface area contributed by atoms with E-state index in [0.29, 0.717) is 43.2 Å². The summed E-state index contributed by atoms with van der Waals surface area (Å²) in [5.41, 5.74) is 0.738. The third kappa shape index (κ3) is 8.12. The molecule has 3 heterocycles. The first-order chi connectivity index (χ1) is 20.7. The van der Waals surface area contributed by atoms with Crippen molar-refractivity contribution in [3.8, 4) is 17.1 Å². The van der Waals surface area contributed by atoms with E-state index >= 15 is 0 Å². The van der Waals surface area contributed by atoms with Crippen LogP contribution in [0.25, 0.3) is 11.4 Å². The van der Waals surface area contributed by atoms with E-state index in [2.05, 4.69) is 30.9 Å². The smallest absolute Gasteiger partial charge is 0.254 e. The molecule has 4 rings (SSSR count). The maximum absolute atomic E-state index is 14.4. The van der Waals surface area contributed by atoms with Crippen molar-refractivity contribution in [1.82, 2.24) is 25.6 Å². The molecule has 0 radical (unpaired) electrons. The van der Waals surface area contributed by atoms with Gasteiger partial charge in [-0.05, 0) is 50.2 Å². The van der Waals surface area contributed by atoms with E-state index in [1.807, 2.05) is 0 Å². The summed E-state index contributed by atoms with van der Waals surface area (Å²) in [6, 6.07) is 5.65. The monoisotopic (exact) mass is 620 g/mol. The van der Waals surface area contributed by atoms with Crippen molar-refractivity contribution >= 4 is 29.0 Å². The molecule has 3 aromatic rings. The van der Waals surface area contributed by atoms with Crippen LogP contribution in [0.1, 0.15) is 23.2 Å². The number of hydrogen-bond donors (Lipinski definition) is 7. The predicted octanol–water partition coefficient (Wildman–Crippen LogP) is 1.03. The largest absolute Gasteiger partial charge is 0.491 e. The first-order valence-electron chi connectivity index (χ1n) is 13.6. The van der Waals surface area contributed by atoms with E-state index in [1.165, 1.54) is 43.9 Å². The summed E-state index contributed by atoms with van der Waals surface area (Å²) in [5.74, 6) is -0.388. The summed E-state index contributed by atoms with van der Waals surface area (Å²) in [6.45, 7) is 0.848. The molecular formula is C28H34ClFN6O7. The van der Waals surface area contributed by atoms with Gasteiger partial charge in [0.25, 0.3) is 5.91 Å².